The zero-order valence-electron chi connectivity index (χ0n) is 15.8. The Hall–Kier alpha value is -3.42. The lowest BCUT2D eigenvalue weighted by Gasteiger charge is -2.17. The summed E-state index contributed by atoms with van der Waals surface area (Å²) in [5.74, 6) is -0.476. The first-order chi connectivity index (χ1) is 13.2. The fourth-order valence-corrected chi connectivity index (χ4v) is 2.33. The summed E-state index contributed by atoms with van der Waals surface area (Å²) in [6.45, 7) is 5.37. The Bertz CT molecular complexity index is 1010. The molecule has 2 aromatic carbocycles. The number of nitrogens with zero attached hydrogens (tertiary/aromatic N) is 4. The molecule has 1 amide bonds. The van der Waals surface area contributed by atoms with E-state index in [2.05, 4.69) is 20.7 Å². The molecule has 8 heteroatoms. The van der Waals surface area contributed by atoms with Crippen molar-refractivity contribution in [3.05, 3.63) is 59.9 Å². The molecule has 3 aromatic rings. The van der Waals surface area contributed by atoms with Gasteiger partial charge in [-0.15, -0.1) is 10.2 Å². The smallest absolute Gasteiger partial charge is 0.229 e. The molecule has 0 saturated carbocycles. The van der Waals surface area contributed by atoms with Crippen LogP contribution in [-0.4, -0.2) is 31.9 Å². The Labute approximate surface area is 161 Å². The van der Waals surface area contributed by atoms with Gasteiger partial charge < -0.3 is 5.32 Å². The summed E-state index contributed by atoms with van der Waals surface area (Å²) in [6.07, 6.45) is 0. The predicted molar refractivity (Wildman–Crippen MR) is 102 cm³/mol. The van der Waals surface area contributed by atoms with Gasteiger partial charge in [-0.3, -0.25) is 9.59 Å². The molecule has 1 N–H and O–H groups in total. The molecule has 1 heterocycles. The van der Waals surface area contributed by atoms with Crippen molar-refractivity contribution < 1.29 is 14.0 Å². The maximum Gasteiger partial charge on any atom is 0.229 e. The second-order valence-corrected chi connectivity index (χ2v) is 7.36. The van der Waals surface area contributed by atoms with Crippen LogP contribution in [0.15, 0.2) is 48.5 Å². The highest BCUT2D eigenvalue weighted by Gasteiger charge is 2.21. The van der Waals surface area contributed by atoms with Crippen molar-refractivity contribution in [1.82, 2.24) is 20.2 Å². The molecule has 3 rings (SSSR count). The maximum absolute atomic E-state index is 13.3. The largest absolute Gasteiger partial charge is 0.326 e. The number of halogens is 1. The molecular weight excluding hydrogens is 361 g/mol. The van der Waals surface area contributed by atoms with E-state index in [0.29, 0.717) is 16.8 Å². The average molecular weight is 381 g/mol. The van der Waals surface area contributed by atoms with E-state index in [4.69, 9.17) is 0 Å². The van der Waals surface area contributed by atoms with Gasteiger partial charge in [-0.1, -0.05) is 32.9 Å². The minimum Gasteiger partial charge on any atom is -0.326 e. The Balaban J connectivity index is 1.66. The Morgan fingerprint density at radius 3 is 2.46 bits per heavy atom. The van der Waals surface area contributed by atoms with Gasteiger partial charge >= 0.3 is 0 Å². The summed E-state index contributed by atoms with van der Waals surface area (Å²) in [5, 5.41) is 14.6. The molecule has 0 aliphatic heterocycles. The molecule has 0 aliphatic rings. The van der Waals surface area contributed by atoms with Crippen molar-refractivity contribution in [2.24, 2.45) is 5.41 Å². The van der Waals surface area contributed by atoms with Gasteiger partial charge in [0.1, 0.15) is 12.4 Å². The third-order valence-electron chi connectivity index (χ3n) is 3.97. The van der Waals surface area contributed by atoms with Crippen LogP contribution in [0.2, 0.25) is 0 Å². The Morgan fingerprint density at radius 1 is 1.11 bits per heavy atom. The van der Waals surface area contributed by atoms with Crippen LogP contribution in [0.5, 0.6) is 0 Å². The van der Waals surface area contributed by atoms with Crippen molar-refractivity contribution >= 4 is 17.4 Å². The molecule has 28 heavy (non-hydrogen) atoms. The molecule has 0 saturated heterocycles. The molecule has 7 nitrogen and oxygen atoms in total. The Morgan fingerprint density at radius 2 is 1.82 bits per heavy atom. The standard InChI is InChI=1S/C20H20FN5O2/c1-20(2,3)19(28)22-16-9-7-13(8-10-16)17(27)12-26-24-18(23-25-26)14-5-4-6-15(21)11-14/h4-11H,12H2,1-3H3,(H,22,28). The van der Waals surface area contributed by atoms with Crippen LogP contribution in [0.4, 0.5) is 10.1 Å². The molecular formula is C20H20FN5O2. The SMILES string of the molecule is CC(C)(C)C(=O)Nc1ccc(C(=O)Cn2nnc(-c3cccc(F)c3)n2)cc1. The van der Waals surface area contributed by atoms with Crippen molar-refractivity contribution in [3.8, 4) is 11.4 Å². The van der Waals surface area contributed by atoms with E-state index < -0.39 is 11.2 Å². The molecule has 1 aromatic heterocycles. The predicted octanol–water partition coefficient (Wildman–Crippen LogP) is 3.35. The number of benzene rings is 2. The van der Waals surface area contributed by atoms with Gasteiger partial charge in [0.2, 0.25) is 11.7 Å². The van der Waals surface area contributed by atoms with Crippen molar-refractivity contribution in [3.63, 3.8) is 0 Å². The number of nitrogens with one attached hydrogen (secondary N) is 1. The fraction of sp³-hybridized carbons (Fsp3) is 0.250. The van der Waals surface area contributed by atoms with E-state index in [0.717, 1.165) is 4.80 Å². The lowest BCUT2D eigenvalue weighted by molar-refractivity contribution is -0.123. The van der Waals surface area contributed by atoms with E-state index in [1.54, 1.807) is 36.4 Å². The number of anilines is 1. The monoisotopic (exact) mass is 381 g/mol. The van der Waals surface area contributed by atoms with Crippen molar-refractivity contribution in [2.45, 2.75) is 27.3 Å². The third kappa shape index (κ3) is 4.64. The molecule has 0 bridgehead atoms. The topological polar surface area (TPSA) is 89.8 Å². The van der Waals surface area contributed by atoms with Gasteiger partial charge in [-0.05, 0) is 41.6 Å². The summed E-state index contributed by atoms with van der Waals surface area (Å²) in [6, 6.07) is 12.4. The first-order valence-electron chi connectivity index (χ1n) is 8.71. The molecule has 0 aliphatic carbocycles. The first kappa shape index (κ1) is 19.3. The van der Waals surface area contributed by atoms with Crippen molar-refractivity contribution in [1.29, 1.82) is 0 Å². The number of ketones is 1. The zero-order valence-corrected chi connectivity index (χ0v) is 15.8. The van der Waals surface area contributed by atoms with Gasteiger partial charge in [0.15, 0.2) is 5.78 Å². The highest BCUT2D eigenvalue weighted by Crippen LogP contribution is 2.18. The maximum atomic E-state index is 13.3. The van der Waals surface area contributed by atoms with Crippen LogP contribution in [0, 0.1) is 11.2 Å². The molecule has 144 valence electrons. The average Bonchev–Trinajstić information content (AvgIpc) is 3.10. The molecule has 0 unspecified atom stereocenters. The van der Waals surface area contributed by atoms with Crippen LogP contribution in [0.25, 0.3) is 11.4 Å². The third-order valence-corrected chi connectivity index (χ3v) is 3.97. The lowest BCUT2D eigenvalue weighted by atomic mass is 9.95. The van der Waals surface area contributed by atoms with Crippen molar-refractivity contribution in [2.75, 3.05) is 5.32 Å². The number of carbonyl (C=O) groups excluding carboxylic acids is 2. The number of amides is 1. The van der Waals surface area contributed by atoms with Crippen LogP contribution >= 0.6 is 0 Å². The normalized spacial score (nSPS) is 11.3. The van der Waals surface area contributed by atoms with Gasteiger partial charge in [0.25, 0.3) is 0 Å². The van der Waals surface area contributed by atoms with E-state index in [1.807, 2.05) is 20.8 Å². The van der Waals surface area contributed by atoms with Crippen LogP contribution < -0.4 is 5.32 Å². The number of aromatic nitrogens is 4. The lowest BCUT2D eigenvalue weighted by Crippen LogP contribution is -2.27. The van der Waals surface area contributed by atoms with Gasteiger partial charge in [0.05, 0.1) is 0 Å². The molecule has 0 spiro atoms. The highest BCUT2D eigenvalue weighted by atomic mass is 19.1. The molecule has 0 radical (unpaired) electrons. The van der Waals surface area contributed by atoms with Crippen LogP contribution in [0.3, 0.4) is 0 Å². The minimum absolute atomic E-state index is 0.101. The molecule has 0 atom stereocenters. The summed E-state index contributed by atoms with van der Waals surface area (Å²) >= 11 is 0. The fourth-order valence-electron chi connectivity index (χ4n) is 2.33. The molecule has 0 fully saturated rings. The second kappa shape index (κ2) is 7.67. The first-order valence-corrected chi connectivity index (χ1v) is 8.71. The number of carbonyl (C=O) groups is 2. The number of Topliss-reactive ketones (excluding diaryl/α,β-unsaturated/α-hetero) is 1. The second-order valence-electron chi connectivity index (χ2n) is 7.36. The van der Waals surface area contributed by atoms with Gasteiger partial charge in [-0.25, -0.2) is 4.39 Å². The van der Waals surface area contributed by atoms with E-state index in [-0.39, 0.29) is 24.1 Å². The zero-order chi connectivity index (χ0) is 20.3. The van der Waals surface area contributed by atoms with E-state index in [9.17, 15) is 14.0 Å². The van der Waals surface area contributed by atoms with E-state index in [1.165, 1.54) is 12.1 Å². The summed E-state index contributed by atoms with van der Waals surface area (Å²) in [4.78, 5) is 25.6. The van der Waals surface area contributed by atoms with Crippen LogP contribution in [-0.2, 0) is 11.3 Å². The highest BCUT2D eigenvalue weighted by molar-refractivity contribution is 5.97. The number of hydrogen-bond acceptors (Lipinski definition) is 5. The quantitative estimate of drug-likeness (QED) is 0.685. The van der Waals surface area contributed by atoms with Crippen LogP contribution in [0.1, 0.15) is 31.1 Å². The van der Waals surface area contributed by atoms with Gasteiger partial charge in [0, 0.05) is 22.2 Å². The van der Waals surface area contributed by atoms with Gasteiger partial charge in [-0.2, -0.15) is 4.80 Å². The number of hydrogen-bond donors (Lipinski definition) is 1. The number of rotatable bonds is 5. The minimum atomic E-state index is -0.507. The summed E-state index contributed by atoms with van der Waals surface area (Å²) in [7, 11) is 0. The Kier molecular flexibility index (Phi) is 5.30. The summed E-state index contributed by atoms with van der Waals surface area (Å²) < 4.78 is 13.3. The number of tetrazole rings is 1. The van der Waals surface area contributed by atoms with E-state index >= 15 is 0 Å². The summed E-state index contributed by atoms with van der Waals surface area (Å²) in [5.41, 5.74) is 1.05.